The Labute approximate surface area is 198 Å². The van der Waals surface area contributed by atoms with E-state index in [1.807, 2.05) is 24.3 Å². The second-order valence-corrected chi connectivity index (χ2v) is 8.37. The zero-order valence-electron chi connectivity index (χ0n) is 20.9. The average Bonchev–Trinajstić information content (AvgIpc) is 3.24. The van der Waals surface area contributed by atoms with E-state index in [9.17, 15) is 4.79 Å². The molecule has 1 heterocycles. The molecule has 2 aromatic carbocycles. The van der Waals surface area contributed by atoms with Crippen LogP contribution in [0.3, 0.4) is 0 Å². The Bertz CT molecular complexity index is 1000. The van der Waals surface area contributed by atoms with Crippen LogP contribution in [0.1, 0.15) is 39.4 Å². The van der Waals surface area contributed by atoms with Crippen molar-refractivity contribution in [2.75, 3.05) is 57.3 Å². The van der Waals surface area contributed by atoms with Gasteiger partial charge in [-0.05, 0) is 62.6 Å². The van der Waals surface area contributed by atoms with Crippen LogP contribution >= 0.6 is 0 Å². The van der Waals surface area contributed by atoms with Gasteiger partial charge in [0.25, 0.3) is 0 Å². The number of imidazole rings is 1. The Balaban J connectivity index is 1.87. The minimum atomic E-state index is -0.0251. The molecule has 6 heteroatoms. The molecule has 3 rings (SSSR count). The fourth-order valence-electron chi connectivity index (χ4n) is 4.33. The molecule has 0 aliphatic rings. The maximum Gasteiger partial charge on any atom is 0.229 e. The SMILES string of the molecule is CCN(CC)CCN(CCN(CC)CC)c1ccc(-c2nc3ccccc3n2C(C)=O)cc1. The Hall–Kier alpha value is -2.70. The Morgan fingerprint density at radius 2 is 1.33 bits per heavy atom. The second-order valence-electron chi connectivity index (χ2n) is 8.37. The van der Waals surface area contributed by atoms with Crippen molar-refractivity contribution in [1.82, 2.24) is 19.4 Å². The van der Waals surface area contributed by atoms with Gasteiger partial charge in [-0.2, -0.15) is 0 Å². The average molecular weight is 450 g/mol. The standard InChI is InChI=1S/C27H39N5O/c1-6-29(7-2)18-20-31(21-19-30(8-3)9-4)24-16-14-23(15-17-24)27-28-25-12-10-11-13-26(25)32(27)22(5)33/h10-17H,6-9,18-21H2,1-5H3. The van der Waals surface area contributed by atoms with Crippen LogP contribution in [-0.4, -0.2) is 77.6 Å². The highest BCUT2D eigenvalue weighted by Crippen LogP contribution is 2.27. The highest BCUT2D eigenvalue weighted by molar-refractivity contribution is 5.94. The topological polar surface area (TPSA) is 44.6 Å². The van der Waals surface area contributed by atoms with Gasteiger partial charge >= 0.3 is 0 Å². The normalized spacial score (nSPS) is 11.6. The third kappa shape index (κ3) is 6.01. The summed E-state index contributed by atoms with van der Waals surface area (Å²) in [5.41, 5.74) is 3.86. The Morgan fingerprint density at radius 1 is 0.788 bits per heavy atom. The molecule has 0 saturated heterocycles. The van der Waals surface area contributed by atoms with E-state index in [1.54, 1.807) is 11.5 Å². The first-order chi connectivity index (χ1) is 16.0. The minimum absolute atomic E-state index is 0.0251. The van der Waals surface area contributed by atoms with E-state index in [2.05, 4.69) is 66.7 Å². The number of aromatic nitrogens is 2. The summed E-state index contributed by atoms with van der Waals surface area (Å²) in [4.78, 5) is 24.6. The van der Waals surface area contributed by atoms with Crippen LogP contribution in [0.15, 0.2) is 48.5 Å². The summed E-state index contributed by atoms with van der Waals surface area (Å²) in [5, 5.41) is 0. The van der Waals surface area contributed by atoms with Gasteiger partial charge < -0.3 is 14.7 Å². The van der Waals surface area contributed by atoms with Crippen molar-refractivity contribution in [3.05, 3.63) is 48.5 Å². The Kier molecular flexibility index (Phi) is 9.03. The van der Waals surface area contributed by atoms with Gasteiger partial charge in [0.15, 0.2) is 0 Å². The van der Waals surface area contributed by atoms with Gasteiger partial charge in [0.1, 0.15) is 5.82 Å². The molecule has 1 aromatic heterocycles. The molecule has 0 atom stereocenters. The minimum Gasteiger partial charge on any atom is -0.369 e. The molecule has 0 bridgehead atoms. The van der Waals surface area contributed by atoms with Crippen LogP contribution in [-0.2, 0) is 0 Å². The number of anilines is 1. The van der Waals surface area contributed by atoms with Crippen molar-refractivity contribution in [2.24, 2.45) is 0 Å². The molecule has 0 unspecified atom stereocenters. The van der Waals surface area contributed by atoms with Crippen LogP contribution in [0.4, 0.5) is 5.69 Å². The van der Waals surface area contributed by atoms with Gasteiger partial charge in [0, 0.05) is 44.4 Å². The molecule has 0 radical (unpaired) electrons. The molecular weight excluding hydrogens is 410 g/mol. The first kappa shape index (κ1) is 24.9. The molecule has 33 heavy (non-hydrogen) atoms. The van der Waals surface area contributed by atoms with Crippen LogP contribution in [0, 0.1) is 0 Å². The number of hydrogen-bond donors (Lipinski definition) is 0. The van der Waals surface area contributed by atoms with E-state index < -0.39 is 0 Å². The van der Waals surface area contributed by atoms with Crippen LogP contribution in [0.2, 0.25) is 0 Å². The molecule has 0 amide bonds. The van der Waals surface area contributed by atoms with Gasteiger partial charge in [-0.15, -0.1) is 0 Å². The summed E-state index contributed by atoms with van der Waals surface area (Å²) < 4.78 is 1.71. The van der Waals surface area contributed by atoms with Gasteiger partial charge in [0.05, 0.1) is 11.0 Å². The van der Waals surface area contributed by atoms with Crippen molar-refractivity contribution in [3.8, 4) is 11.4 Å². The summed E-state index contributed by atoms with van der Waals surface area (Å²) in [6.07, 6.45) is 0. The van der Waals surface area contributed by atoms with Crippen molar-refractivity contribution < 1.29 is 4.79 Å². The van der Waals surface area contributed by atoms with Crippen molar-refractivity contribution >= 4 is 22.6 Å². The number of carbonyl (C=O) groups excluding carboxylic acids is 1. The van der Waals surface area contributed by atoms with E-state index in [4.69, 9.17) is 4.98 Å². The predicted octanol–water partition coefficient (Wildman–Crippen LogP) is 4.85. The number of benzene rings is 2. The van der Waals surface area contributed by atoms with E-state index in [-0.39, 0.29) is 5.91 Å². The van der Waals surface area contributed by atoms with Crippen LogP contribution < -0.4 is 4.90 Å². The lowest BCUT2D eigenvalue weighted by Gasteiger charge is -2.30. The fourth-order valence-corrected chi connectivity index (χ4v) is 4.33. The van der Waals surface area contributed by atoms with Gasteiger partial charge in [-0.3, -0.25) is 9.36 Å². The predicted molar refractivity (Wildman–Crippen MR) is 139 cm³/mol. The van der Waals surface area contributed by atoms with Crippen LogP contribution in [0.25, 0.3) is 22.4 Å². The fraction of sp³-hybridized carbons (Fsp3) is 0.481. The van der Waals surface area contributed by atoms with Gasteiger partial charge in [-0.1, -0.05) is 39.8 Å². The molecule has 3 aromatic rings. The number of rotatable bonds is 12. The molecule has 0 N–H and O–H groups in total. The molecule has 0 aliphatic heterocycles. The summed E-state index contributed by atoms with van der Waals surface area (Å²) in [5.74, 6) is 0.677. The molecule has 178 valence electrons. The van der Waals surface area contributed by atoms with Crippen LogP contribution in [0.5, 0.6) is 0 Å². The summed E-state index contributed by atoms with van der Waals surface area (Å²) in [7, 11) is 0. The summed E-state index contributed by atoms with van der Waals surface area (Å²) in [6, 6.07) is 16.3. The van der Waals surface area contributed by atoms with Crippen molar-refractivity contribution in [3.63, 3.8) is 0 Å². The maximum atomic E-state index is 12.4. The van der Waals surface area contributed by atoms with E-state index in [0.717, 1.165) is 69.0 Å². The lowest BCUT2D eigenvalue weighted by molar-refractivity contribution is 0.0943. The molecule has 0 fully saturated rings. The van der Waals surface area contributed by atoms with E-state index in [1.165, 1.54) is 5.69 Å². The van der Waals surface area contributed by atoms with Gasteiger partial charge in [0.2, 0.25) is 5.91 Å². The second kappa shape index (κ2) is 12.0. The zero-order chi connectivity index (χ0) is 23.8. The molecule has 0 aliphatic carbocycles. The third-order valence-electron chi connectivity index (χ3n) is 6.53. The Morgan fingerprint density at radius 3 is 1.85 bits per heavy atom. The number of para-hydroxylation sites is 2. The third-order valence-corrected chi connectivity index (χ3v) is 6.53. The molecule has 6 nitrogen and oxygen atoms in total. The lowest BCUT2D eigenvalue weighted by Crippen LogP contribution is -2.39. The first-order valence-corrected chi connectivity index (χ1v) is 12.3. The number of carbonyl (C=O) groups is 1. The molecular formula is C27H39N5O. The zero-order valence-corrected chi connectivity index (χ0v) is 20.9. The summed E-state index contributed by atoms with van der Waals surface area (Å²) in [6.45, 7) is 18.8. The summed E-state index contributed by atoms with van der Waals surface area (Å²) >= 11 is 0. The quantitative estimate of drug-likeness (QED) is 0.395. The first-order valence-electron chi connectivity index (χ1n) is 12.3. The van der Waals surface area contributed by atoms with Crippen molar-refractivity contribution in [2.45, 2.75) is 34.6 Å². The highest BCUT2D eigenvalue weighted by atomic mass is 16.1. The molecule has 0 spiro atoms. The highest BCUT2D eigenvalue weighted by Gasteiger charge is 2.16. The van der Waals surface area contributed by atoms with E-state index >= 15 is 0 Å². The van der Waals surface area contributed by atoms with E-state index in [0.29, 0.717) is 5.82 Å². The van der Waals surface area contributed by atoms with Gasteiger partial charge in [-0.25, -0.2) is 4.98 Å². The largest absolute Gasteiger partial charge is 0.369 e. The molecule has 0 saturated carbocycles. The number of fused-ring (bicyclic) bond motifs is 1. The number of likely N-dealkylation sites (N-methyl/N-ethyl adjacent to an activating group) is 2. The van der Waals surface area contributed by atoms with Crippen molar-refractivity contribution in [1.29, 1.82) is 0 Å². The smallest absolute Gasteiger partial charge is 0.229 e. The maximum absolute atomic E-state index is 12.4. The monoisotopic (exact) mass is 449 g/mol. The number of hydrogen-bond acceptors (Lipinski definition) is 5. The lowest BCUT2D eigenvalue weighted by atomic mass is 10.1. The number of nitrogens with zero attached hydrogens (tertiary/aromatic N) is 5.